The van der Waals surface area contributed by atoms with Crippen molar-refractivity contribution >= 4 is 35.0 Å². The molecule has 0 aliphatic carbocycles. The Morgan fingerprint density at radius 3 is 2.35 bits per heavy atom. The van der Waals surface area contributed by atoms with E-state index in [1.54, 1.807) is 36.4 Å². The summed E-state index contributed by atoms with van der Waals surface area (Å²) in [5, 5.41) is 15.7. The Hall–Kier alpha value is -2.78. The van der Waals surface area contributed by atoms with Crippen molar-refractivity contribution in [3.8, 4) is 5.40 Å². The molecule has 0 aliphatic rings. The summed E-state index contributed by atoms with van der Waals surface area (Å²) in [6.45, 7) is 1.98. The van der Waals surface area contributed by atoms with Crippen molar-refractivity contribution in [2.24, 2.45) is 0 Å². The van der Waals surface area contributed by atoms with Crippen LogP contribution in [0, 0.1) is 10.7 Å². The number of rotatable bonds is 4. The molecule has 2 aromatic rings. The van der Waals surface area contributed by atoms with Gasteiger partial charge in [0.05, 0.1) is 0 Å². The molecular formula is C17H15N3O2S. The lowest BCUT2D eigenvalue weighted by Gasteiger charge is -2.10. The lowest BCUT2D eigenvalue weighted by molar-refractivity contribution is -0.133. The number of nitrogens with zero attached hydrogens (tertiary/aromatic N) is 1. The van der Waals surface area contributed by atoms with Gasteiger partial charge in [-0.2, -0.15) is 5.26 Å². The molecule has 0 unspecified atom stereocenters. The first-order valence-corrected chi connectivity index (χ1v) is 7.82. The third-order valence-electron chi connectivity index (χ3n) is 3.13. The van der Waals surface area contributed by atoms with Crippen molar-refractivity contribution in [2.45, 2.75) is 18.2 Å². The molecule has 2 N–H and O–H groups in total. The molecule has 0 aromatic heterocycles. The summed E-state index contributed by atoms with van der Waals surface area (Å²) >= 11 is 1.03. The van der Waals surface area contributed by atoms with Crippen molar-refractivity contribution < 1.29 is 9.59 Å². The average molecular weight is 325 g/mol. The second kappa shape index (κ2) is 8.01. The molecule has 0 saturated heterocycles. The summed E-state index contributed by atoms with van der Waals surface area (Å²) in [5.41, 5.74) is 2.10. The number of amides is 2. The van der Waals surface area contributed by atoms with E-state index in [-0.39, 0.29) is 0 Å². The average Bonchev–Trinajstić information content (AvgIpc) is 2.57. The van der Waals surface area contributed by atoms with E-state index in [1.165, 1.54) is 0 Å². The van der Waals surface area contributed by atoms with Gasteiger partial charge in [-0.1, -0.05) is 25.1 Å². The number of thioether (sulfide) groups is 1. The number of anilines is 2. The number of aryl methyl sites for hydroxylation is 1. The number of hydrogen-bond donors (Lipinski definition) is 2. The van der Waals surface area contributed by atoms with Crippen LogP contribution in [-0.2, 0) is 16.0 Å². The molecule has 116 valence electrons. The van der Waals surface area contributed by atoms with E-state index < -0.39 is 11.8 Å². The van der Waals surface area contributed by atoms with Crippen LogP contribution in [0.3, 0.4) is 0 Å². The van der Waals surface area contributed by atoms with E-state index in [0.29, 0.717) is 11.4 Å². The summed E-state index contributed by atoms with van der Waals surface area (Å²) < 4.78 is 0. The maximum absolute atomic E-state index is 12.0. The van der Waals surface area contributed by atoms with Crippen LogP contribution in [0.5, 0.6) is 0 Å². The van der Waals surface area contributed by atoms with E-state index in [1.807, 2.05) is 24.5 Å². The van der Waals surface area contributed by atoms with E-state index in [9.17, 15) is 9.59 Å². The summed E-state index contributed by atoms with van der Waals surface area (Å²) in [7, 11) is 0. The van der Waals surface area contributed by atoms with Crippen LogP contribution in [-0.4, -0.2) is 11.8 Å². The van der Waals surface area contributed by atoms with Gasteiger partial charge in [-0.3, -0.25) is 9.59 Å². The maximum Gasteiger partial charge on any atom is 0.314 e. The van der Waals surface area contributed by atoms with Gasteiger partial charge in [0.15, 0.2) is 0 Å². The van der Waals surface area contributed by atoms with Gasteiger partial charge in [0.1, 0.15) is 5.40 Å². The highest BCUT2D eigenvalue weighted by molar-refractivity contribution is 8.03. The SMILES string of the molecule is CCc1ccccc1NC(=O)C(=O)Nc1ccc(SC#N)cc1. The first-order chi connectivity index (χ1) is 11.1. The Morgan fingerprint density at radius 2 is 1.70 bits per heavy atom. The monoisotopic (exact) mass is 325 g/mol. The number of carbonyl (C=O) groups is 2. The lowest BCUT2D eigenvalue weighted by Crippen LogP contribution is -2.29. The largest absolute Gasteiger partial charge is 0.318 e. The number of thiocyanates is 1. The van der Waals surface area contributed by atoms with Gasteiger partial charge < -0.3 is 10.6 Å². The predicted molar refractivity (Wildman–Crippen MR) is 91.0 cm³/mol. The zero-order valence-corrected chi connectivity index (χ0v) is 13.3. The van der Waals surface area contributed by atoms with Crippen molar-refractivity contribution in [1.29, 1.82) is 5.26 Å². The normalized spacial score (nSPS) is 9.74. The topological polar surface area (TPSA) is 82.0 Å². The highest BCUT2D eigenvalue weighted by atomic mass is 32.2. The van der Waals surface area contributed by atoms with Crippen molar-refractivity contribution in [3.63, 3.8) is 0 Å². The summed E-state index contributed by atoms with van der Waals surface area (Å²) in [4.78, 5) is 24.7. The molecule has 0 bridgehead atoms. The second-order valence-corrected chi connectivity index (χ2v) is 5.49. The van der Waals surface area contributed by atoms with Crippen LogP contribution < -0.4 is 10.6 Å². The lowest BCUT2D eigenvalue weighted by atomic mass is 10.1. The van der Waals surface area contributed by atoms with Gasteiger partial charge in [-0.25, -0.2) is 0 Å². The maximum atomic E-state index is 12.0. The minimum atomic E-state index is -0.739. The third kappa shape index (κ3) is 4.59. The number of benzene rings is 2. The van der Waals surface area contributed by atoms with Crippen molar-refractivity contribution in [2.75, 3.05) is 10.6 Å². The van der Waals surface area contributed by atoms with E-state index in [0.717, 1.165) is 28.6 Å². The fourth-order valence-electron chi connectivity index (χ4n) is 1.98. The Balaban J connectivity index is 2.00. The Labute approximate surface area is 138 Å². The number of hydrogen-bond acceptors (Lipinski definition) is 4. The Bertz CT molecular complexity index is 751. The van der Waals surface area contributed by atoms with Crippen molar-refractivity contribution in [3.05, 3.63) is 54.1 Å². The van der Waals surface area contributed by atoms with Gasteiger partial charge in [-0.15, -0.1) is 0 Å². The molecule has 0 heterocycles. The molecule has 0 spiro atoms. The molecule has 2 aromatic carbocycles. The van der Waals surface area contributed by atoms with Gasteiger partial charge in [0.2, 0.25) is 0 Å². The molecule has 6 heteroatoms. The summed E-state index contributed by atoms with van der Waals surface area (Å²) in [5.74, 6) is -1.46. The fourth-order valence-corrected chi connectivity index (χ4v) is 2.35. The zero-order valence-electron chi connectivity index (χ0n) is 12.5. The summed E-state index contributed by atoms with van der Waals surface area (Å²) in [6.07, 6.45) is 0.760. The van der Waals surface area contributed by atoms with E-state index in [4.69, 9.17) is 5.26 Å². The van der Waals surface area contributed by atoms with Crippen LogP contribution in [0.1, 0.15) is 12.5 Å². The molecule has 23 heavy (non-hydrogen) atoms. The van der Waals surface area contributed by atoms with Gasteiger partial charge in [0, 0.05) is 16.3 Å². The first-order valence-electron chi connectivity index (χ1n) is 7.00. The molecule has 0 aliphatic heterocycles. The first kappa shape index (κ1) is 16.6. The minimum absolute atomic E-state index is 0.496. The molecule has 2 amide bonds. The standard InChI is InChI=1S/C17H15N3O2S/c1-2-12-5-3-4-6-15(12)20-17(22)16(21)19-13-7-9-14(10-8-13)23-11-18/h3-10H,2H2,1H3,(H,19,21)(H,20,22). The van der Waals surface area contributed by atoms with Gasteiger partial charge in [0.25, 0.3) is 0 Å². The molecule has 0 radical (unpaired) electrons. The molecular weight excluding hydrogens is 310 g/mol. The molecule has 0 atom stereocenters. The van der Waals surface area contributed by atoms with Crippen molar-refractivity contribution in [1.82, 2.24) is 0 Å². The number of para-hydroxylation sites is 1. The highest BCUT2D eigenvalue weighted by Gasteiger charge is 2.15. The van der Waals surface area contributed by atoms with Crippen LogP contribution in [0.2, 0.25) is 0 Å². The summed E-state index contributed by atoms with van der Waals surface area (Å²) in [6, 6.07) is 14.0. The van der Waals surface area contributed by atoms with Crippen LogP contribution >= 0.6 is 11.8 Å². The Kier molecular flexibility index (Phi) is 5.78. The Morgan fingerprint density at radius 1 is 1.04 bits per heavy atom. The van der Waals surface area contributed by atoms with Crippen LogP contribution in [0.4, 0.5) is 11.4 Å². The fraction of sp³-hybridized carbons (Fsp3) is 0.118. The number of carbonyl (C=O) groups excluding carboxylic acids is 2. The number of nitriles is 1. The highest BCUT2D eigenvalue weighted by Crippen LogP contribution is 2.19. The minimum Gasteiger partial charge on any atom is -0.318 e. The smallest absolute Gasteiger partial charge is 0.314 e. The molecule has 0 saturated carbocycles. The molecule has 0 fully saturated rings. The van der Waals surface area contributed by atoms with Crippen LogP contribution in [0.25, 0.3) is 0 Å². The van der Waals surface area contributed by atoms with E-state index >= 15 is 0 Å². The second-order valence-electron chi connectivity index (χ2n) is 4.64. The molecule has 2 rings (SSSR count). The number of nitrogens with one attached hydrogen (secondary N) is 2. The predicted octanol–water partition coefficient (Wildman–Crippen LogP) is 3.40. The van der Waals surface area contributed by atoms with E-state index in [2.05, 4.69) is 10.6 Å². The molecule has 5 nitrogen and oxygen atoms in total. The third-order valence-corrected chi connectivity index (χ3v) is 3.73. The van der Waals surface area contributed by atoms with Crippen LogP contribution in [0.15, 0.2) is 53.4 Å². The van der Waals surface area contributed by atoms with Gasteiger partial charge in [-0.05, 0) is 54.1 Å². The quantitative estimate of drug-likeness (QED) is 0.513. The van der Waals surface area contributed by atoms with Gasteiger partial charge >= 0.3 is 11.8 Å². The zero-order chi connectivity index (χ0) is 16.7.